The van der Waals surface area contributed by atoms with E-state index >= 15 is 0 Å². The summed E-state index contributed by atoms with van der Waals surface area (Å²) in [6.07, 6.45) is 0.469. The first-order valence-corrected chi connectivity index (χ1v) is 9.41. The molecule has 0 atom stereocenters. The maximum atomic E-state index is 12.6. The fourth-order valence-electron chi connectivity index (χ4n) is 2.66. The highest BCUT2D eigenvalue weighted by molar-refractivity contribution is 7.18. The number of carboxylic acids is 1. The molecule has 0 unspecified atom stereocenters. The van der Waals surface area contributed by atoms with Crippen LogP contribution in [0.25, 0.3) is 10.2 Å². The van der Waals surface area contributed by atoms with Crippen LogP contribution < -0.4 is 16.0 Å². The smallest absolute Gasteiger partial charge is 0.335 e. The van der Waals surface area contributed by atoms with Crippen LogP contribution in [0.15, 0.2) is 39.9 Å². The number of hydrogen-bond donors (Lipinski definition) is 2. The fraction of sp³-hybridized carbons (Fsp3) is 0.316. The number of ether oxygens (including phenoxy) is 1. The van der Waals surface area contributed by atoms with E-state index in [1.807, 2.05) is 19.9 Å². The van der Waals surface area contributed by atoms with Crippen LogP contribution in [0.5, 0.6) is 5.75 Å². The number of aromatic amines is 1. The summed E-state index contributed by atoms with van der Waals surface area (Å²) in [4.78, 5) is 40.1. The Bertz CT molecular complexity index is 1080. The summed E-state index contributed by atoms with van der Waals surface area (Å²) >= 11 is 1.44. The number of aromatic carboxylic acids is 1. The molecule has 0 spiro atoms. The third-order valence-electron chi connectivity index (χ3n) is 4.16. The molecule has 0 saturated heterocycles. The van der Waals surface area contributed by atoms with Crippen molar-refractivity contribution in [2.45, 2.75) is 32.7 Å². The van der Waals surface area contributed by atoms with E-state index in [0.29, 0.717) is 34.9 Å². The van der Waals surface area contributed by atoms with Crippen molar-refractivity contribution in [3.05, 3.63) is 61.6 Å². The van der Waals surface area contributed by atoms with E-state index in [9.17, 15) is 14.4 Å². The SMILES string of the molecule is CC(C)c1cc2c(=O)n(CCCOc3ccc(C(=O)O)cc3)c(=O)[nH]c2s1. The van der Waals surface area contributed by atoms with Gasteiger partial charge < -0.3 is 9.84 Å². The monoisotopic (exact) mass is 388 g/mol. The number of carboxylic acid groups (broad SMARTS) is 1. The highest BCUT2D eigenvalue weighted by Crippen LogP contribution is 2.26. The number of thiophene rings is 1. The molecule has 3 rings (SSSR count). The van der Waals surface area contributed by atoms with E-state index in [0.717, 1.165) is 4.88 Å². The first-order valence-electron chi connectivity index (χ1n) is 8.59. The normalized spacial score (nSPS) is 11.2. The summed E-state index contributed by atoms with van der Waals surface area (Å²) in [5, 5.41) is 9.41. The van der Waals surface area contributed by atoms with Gasteiger partial charge in [0, 0.05) is 11.4 Å². The summed E-state index contributed by atoms with van der Waals surface area (Å²) in [5.74, 6) is -0.166. The van der Waals surface area contributed by atoms with Gasteiger partial charge in [0.05, 0.1) is 17.6 Å². The van der Waals surface area contributed by atoms with E-state index < -0.39 is 11.7 Å². The zero-order valence-corrected chi connectivity index (χ0v) is 15.8. The second-order valence-corrected chi connectivity index (χ2v) is 7.55. The molecule has 0 radical (unpaired) electrons. The van der Waals surface area contributed by atoms with Crippen LogP contribution in [0.4, 0.5) is 0 Å². The van der Waals surface area contributed by atoms with Crippen molar-refractivity contribution >= 4 is 27.5 Å². The minimum absolute atomic E-state index is 0.185. The van der Waals surface area contributed by atoms with Crippen molar-refractivity contribution in [3.8, 4) is 5.75 Å². The molecule has 0 aliphatic carbocycles. The average Bonchev–Trinajstić information content (AvgIpc) is 3.06. The van der Waals surface area contributed by atoms with E-state index in [-0.39, 0.29) is 17.7 Å². The first kappa shape index (κ1) is 18.9. The minimum Gasteiger partial charge on any atom is -0.494 e. The zero-order chi connectivity index (χ0) is 19.6. The lowest BCUT2D eigenvalue weighted by Crippen LogP contribution is -2.35. The van der Waals surface area contributed by atoms with E-state index in [4.69, 9.17) is 9.84 Å². The lowest BCUT2D eigenvalue weighted by Gasteiger charge is -2.07. The number of aromatic nitrogens is 2. The van der Waals surface area contributed by atoms with E-state index in [1.54, 1.807) is 12.1 Å². The second kappa shape index (κ2) is 7.79. The van der Waals surface area contributed by atoms with Gasteiger partial charge in [-0.05, 0) is 42.7 Å². The Hall–Kier alpha value is -2.87. The quantitative estimate of drug-likeness (QED) is 0.606. The summed E-state index contributed by atoms with van der Waals surface area (Å²) in [5.41, 5.74) is -0.525. The lowest BCUT2D eigenvalue weighted by atomic mass is 10.2. The number of rotatable bonds is 7. The maximum absolute atomic E-state index is 12.6. The molecule has 0 aliphatic rings. The van der Waals surface area contributed by atoms with Crippen molar-refractivity contribution in [2.75, 3.05) is 6.61 Å². The molecule has 7 nitrogen and oxygen atoms in total. The summed E-state index contributed by atoms with van der Waals surface area (Å²) in [6.45, 7) is 4.63. The van der Waals surface area contributed by atoms with Crippen LogP contribution >= 0.6 is 11.3 Å². The molecular weight excluding hydrogens is 368 g/mol. The van der Waals surface area contributed by atoms with Gasteiger partial charge in [0.25, 0.3) is 5.56 Å². The Morgan fingerprint density at radius 1 is 1.26 bits per heavy atom. The highest BCUT2D eigenvalue weighted by Gasteiger charge is 2.13. The largest absolute Gasteiger partial charge is 0.494 e. The number of fused-ring (bicyclic) bond motifs is 1. The zero-order valence-electron chi connectivity index (χ0n) is 15.0. The number of hydrogen-bond acceptors (Lipinski definition) is 5. The van der Waals surface area contributed by atoms with Crippen molar-refractivity contribution in [1.82, 2.24) is 9.55 Å². The van der Waals surface area contributed by atoms with Crippen LogP contribution in [0.1, 0.15) is 41.4 Å². The lowest BCUT2D eigenvalue weighted by molar-refractivity contribution is 0.0697. The van der Waals surface area contributed by atoms with Crippen molar-refractivity contribution in [1.29, 1.82) is 0 Å². The predicted octanol–water partition coefficient (Wildman–Crippen LogP) is 3.04. The summed E-state index contributed by atoms with van der Waals surface area (Å²) < 4.78 is 6.74. The van der Waals surface area contributed by atoms with Gasteiger partial charge in [0.2, 0.25) is 0 Å². The van der Waals surface area contributed by atoms with Gasteiger partial charge in [0.1, 0.15) is 10.6 Å². The predicted molar refractivity (Wildman–Crippen MR) is 104 cm³/mol. The topological polar surface area (TPSA) is 101 Å². The Balaban J connectivity index is 1.67. The van der Waals surface area contributed by atoms with Gasteiger partial charge in [0.15, 0.2) is 0 Å². The van der Waals surface area contributed by atoms with Gasteiger partial charge in [-0.2, -0.15) is 0 Å². The van der Waals surface area contributed by atoms with Gasteiger partial charge in [-0.25, -0.2) is 9.59 Å². The molecule has 0 amide bonds. The van der Waals surface area contributed by atoms with Crippen molar-refractivity contribution < 1.29 is 14.6 Å². The van der Waals surface area contributed by atoms with Crippen LogP contribution in [0.3, 0.4) is 0 Å². The molecule has 0 aliphatic heterocycles. The maximum Gasteiger partial charge on any atom is 0.335 e. The van der Waals surface area contributed by atoms with Crippen LogP contribution in [0, 0.1) is 0 Å². The number of nitrogens with zero attached hydrogens (tertiary/aromatic N) is 1. The molecule has 0 fully saturated rings. The average molecular weight is 388 g/mol. The van der Waals surface area contributed by atoms with Crippen molar-refractivity contribution in [2.24, 2.45) is 0 Å². The fourth-order valence-corrected chi connectivity index (χ4v) is 3.70. The Labute approximate surface area is 158 Å². The molecule has 2 heterocycles. The molecule has 2 aromatic heterocycles. The molecular formula is C19H20N2O5S. The number of carbonyl (C=O) groups is 1. The van der Waals surface area contributed by atoms with Gasteiger partial charge in [-0.3, -0.25) is 14.3 Å². The molecule has 0 bridgehead atoms. The van der Waals surface area contributed by atoms with E-state index in [2.05, 4.69) is 4.98 Å². The molecule has 2 N–H and O–H groups in total. The summed E-state index contributed by atoms with van der Waals surface area (Å²) in [7, 11) is 0. The molecule has 3 aromatic rings. The third-order valence-corrected chi connectivity index (χ3v) is 5.51. The van der Waals surface area contributed by atoms with Crippen molar-refractivity contribution in [3.63, 3.8) is 0 Å². The van der Waals surface area contributed by atoms with Gasteiger partial charge in [-0.1, -0.05) is 13.8 Å². The number of benzene rings is 1. The van der Waals surface area contributed by atoms with Crippen LogP contribution in [-0.4, -0.2) is 27.2 Å². The Morgan fingerprint density at radius 2 is 1.96 bits per heavy atom. The van der Waals surface area contributed by atoms with E-state index in [1.165, 1.54) is 28.0 Å². The number of H-pyrrole nitrogens is 1. The summed E-state index contributed by atoms with van der Waals surface area (Å²) in [6, 6.07) is 7.92. The molecule has 0 saturated carbocycles. The second-order valence-electron chi connectivity index (χ2n) is 6.46. The Kier molecular flexibility index (Phi) is 5.46. The molecule has 27 heavy (non-hydrogen) atoms. The molecule has 142 valence electrons. The minimum atomic E-state index is -0.996. The van der Waals surface area contributed by atoms with Gasteiger partial charge >= 0.3 is 11.7 Å². The molecule has 1 aromatic carbocycles. The Morgan fingerprint density at radius 3 is 2.59 bits per heavy atom. The number of nitrogens with one attached hydrogen (secondary N) is 1. The highest BCUT2D eigenvalue weighted by atomic mass is 32.1. The van der Waals surface area contributed by atoms with Gasteiger partial charge in [-0.15, -0.1) is 11.3 Å². The standard InChI is InChI=1S/C19H20N2O5S/c1-11(2)15-10-14-16(27-15)20-19(25)21(17(14)22)8-3-9-26-13-6-4-12(5-7-13)18(23)24/h4-7,10-11H,3,8-9H2,1-2H3,(H,20,25)(H,23,24). The van der Waals surface area contributed by atoms with Crippen LogP contribution in [0.2, 0.25) is 0 Å². The third kappa shape index (κ3) is 4.11. The first-order chi connectivity index (χ1) is 12.9. The van der Waals surface area contributed by atoms with Crippen LogP contribution in [-0.2, 0) is 6.54 Å². The molecule has 8 heteroatoms.